The van der Waals surface area contributed by atoms with Gasteiger partial charge in [0.1, 0.15) is 11.3 Å². The number of pyridine rings is 1. The summed E-state index contributed by atoms with van der Waals surface area (Å²) in [4.78, 5) is 19.1. The average Bonchev–Trinajstić information content (AvgIpc) is 3.11. The Bertz CT molecular complexity index is 911. The van der Waals surface area contributed by atoms with Crippen molar-refractivity contribution >= 4 is 11.6 Å². The van der Waals surface area contributed by atoms with Crippen molar-refractivity contribution in [1.82, 2.24) is 14.3 Å². The number of amides is 1. The van der Waals surface area contributed by atoms with Crippen LogP contribution in [0.15, 0.2) is 54.9 Å². The highest BCUT2D eigenvalue weighted by Gasteiger charge is 2.29. The molecule has 1 atom stereocenters. The number of aromatic nitrogens is 2. The number of benzene rings is 1. The fraction of sp³-hybridized carbons (Fsp3) is 0.333. The van der Waals surface area contributed by atoms with Crippen LogP contribution in [0.1, 0.15) is 40.6 Å². The maximum Gasteiger partial charge on any atom is 0.274 e. The molecule has 0 saturated carbocycles. The molecular formula is C21H23N3O2. The zero-order valence-electron chi connectivity index (χ0n) is 14.9. The van der Waals surface area contributed by atoms with Crippen LogP contribution in [0.4, 0.5) is 0 Å². The Morgan fingerprint density at radius 3 is 2.65 bits per heavy atom. The lowest BCUT2D eigenvalue weighted by Crippen LogP contribution is -2.39. The van der Waals surface area contributed by atoms with Crippen molar-refractivity contribution in [3.8, 4) is 0 Å². The largest absolute Gasteiger partial charge is 0.388 e. The van der Waals surface area contributed by atoms with Crippen LogP contribution in [0.5, 0.6) is 0 Å². The molecule has 1 fully saturated rings. The van der Waals surface area contributed by atoms with E-state index in [1.54, 1.807) is 6.20 Å². The Balaban J connectivity index is 1.43. The number of fused-ring (bicyclic) bond motifs is 1. The van der Waals surface area contributed by atoms with Crippen LogP contribution in [-0.4, -0.2) is 38.4 Å². The van der Waals surface area contributed by atoms with Gasteiger partial charge in [0.2, 0.25) is 0 Å². The number of aliphatic hydroxyl groups excluding tert-OH is 1. The molecule has 4 rings (SSSR count). The summed E-state index contributed by atoms with van der Waals surface area (Å²) in [6, 6.07) is 13.7. The van der Waals surface area contributed by atoms with Gasteiger partial charge in [-0.05, 0) is 48.9 Å². The van der Waals surface area contributed by atoms with Gasteiger partial charge in [0.05, 0.1) is 6.10 Å². The fourth-order valence-electron chi connectivity index (χ4n) is 3.69. The molecule has 1 aliphatic rings. The second-order valence-electron chi connectivity index (χ2n) is 7.08. The van der Waals surface area contributed by atoms with E-state index in [0.717, 1.165) is 29.6 Å². The summed E-state index contributed by atoms with van der Waals surface area (Å²) in [6.45, 7) is 3.32. The first-order valence-electron chi connectivity index (χ1n) is 9.09. The lowest BCUT2D eigenvalue weighted by atomic mass is 9.87. The quantitative estimate of drug-likeness (QED) is 0.790. The van der Waals surface area contributed by atoms with Gasteiger partial charge in [-0.2, -0.15) is 0 Å². The van der Waals surface area contributed by atoms with Crippen LogP contribution in [0.2, 0.25) is 0 Å². The third kappa shape index (κ3) is 3.22. The lowest BCUT2D eigenvalue weighted by Gasteiger charge is -2.34. The first-order valence-corrected chi connectivity index (χ1v) is 9.09. The van der Waals surface area contributed by atoms with Crippen molar-refractivity contribution in [2.75, 3.05) is 13.1 Å². The molecule has 5 nitrogen and oxygen atoms in total. The number of hydrogen-bond acceptors (Lipinski definition) is 3. The Morgan fingerprint density at radius 2 is 1.92 bits per heavy atom. The van der Waals surface area contributed by atoms with Gasteiger partial charge in [0, 0.05) is 25.5 Å². The monoisotopic (exact) mass is 349 g/mol. The Labute approximate surface area is 152 Å². The minimum Gasteiger partial charge on any atom is -0.388 e. The van der Waals surface area contributed by atoms with Crippen LogP contribution >= 0.6 is 0 Å². The minimum atomic E-state index is -0.466. The molecule has 1 amide bonds. The number of carbonyl (C=O) groups is 1. The van der Waals surface area contributed by atoms with Gasteiger partial charge in [-0.3, -0.25) is 4.79 Å². The third-order valence-electron chi connectivity index (χ3n) is 5.25. The number of carbonyl (C=O) groups excluding carboxylic acids is 1. The van der Waals surface area contributed by atoms with E-state index >= 15 is 0 Å². The van der Waals surface area contributed by atoms with Crippen LogP contribution in [0, 0.1) is 12.8 Å². The molecule has 3 aromatic rings. The number of nitrogens with zero attached hydrogens (tertiary/aromatic N) is 3. The van der Waals surface area contributed by atoms with Crippen molar-refractivity contribution < 1.29 is 9.90 Å². The third-order valence-corrected chi connectivity index (χ3v) is 5.25. The molecule has 3 heterocycles. The fourth-order valence-corrected chi connectivity index (χ4v) is 3.69. The highest BCUT2D eigenvalue weighted by atomic mass is 16.3. The second kappa shape index (κ2) is 6.92. The van der Waals surface area contributed by atoms with E-state index < -0.39 is 6.10 Å². The number of aliphatic hydroxyl groups is 1. The number of piperidine rings is 1. The topological polar surface area (TPSA) is 57.8 Å². The molecule has 0 bridgehead atoms. The van der Waals surface area contributed by atoms with E-state index in [1.807, 2.05) is 64.9 Å². The zero-order valence-corrected chi connectivity index (χ0v) is 14.9. The molecule has 1 N–H and O–H groups in total. The molecule has 134 valence electrons. The summed E-state index contributed by atoms with van der Waals surface area (Å²) in [7, 11) is 0. The molecule has 5 heteroatoms. The van der Waals surface area contributed by atoms with Gasteiger partial charge in [-0.1, -0.05) is 30.3 Å². The van der Waals surface area contributed by atoms with Crippen LogP contribution in [-0.2, 0) is 0 Å². The molecule has 26 heavy (non-hydrogen) atoms. The normalized spacial score (nSPS) is 16.8. The molecule has 0 spiro atoms. The van der Waals surface area contributed by atoms with Crippen molar-refractivity contribution in [3.63, 3.8) is 0 Å². The molecule has 0 radical (unpaired) electrons. The van der Waals surface area contributed by atoms with Gasteiger partial charge in [0.25, 0.3) is 5.91 Å². The average molecular weight is 349 g/mol. The van der Waals surface area contributed by atoms with Crippen LogP contribution in [0.25, 0.3) is 5.65 Å². The molecule has 1 unspecified atom stereocenters. The predicted octanol–water partition coefficient (Wildman–Crippen LogP) is 3.23. The smallest absolute Gasteiger partial charge is 0.274 e. The lowest BCUT2D eigenvalue weighted by molar-refractivity contribution is 0.0459. The summed E-state index contributed by atoms with van der Waals surface area (Å²) in [5, 5.41) is 10.6. The van der Waals surface area contributed by atoms with Crippen molar-refractivity contribution in [2.24, 2.45) is 5.92 Å². The second-order valence-corrected chi connectivity index (χ2v) is 7.08. The van der Waals surface area contributed by atoms with E-state index in [9.17, 15) is 9.90 Å². The Hall–Kier alpha value is -2.66. The highest BCUT2D eigenvalue weighted by Crippen LogP contribution is 2.31. The Kier molecular flexibility index (Phi) is 4.47. The van der Waals surface area contributed by atoms with Crippen LogP contribution < -0.4 is 0 Å². The van der Waals surface area contributed by atoms with Crippen LogP contribution in [0.3, 0.4) is 0 Å². The van der Waals surface area contributed by atoms with E-state index in [1.165, 1.54) is 0 Å². The van der Waals surface area contributed by atoms with E-state index in [-0.39, 0.29) is 11.8 Å². The summed E-state index contributed by atoms with van der Waals surface area (Å²) in [6.07, 6.45) is 4.85. The van der Waals surface area contributed by atoms with Gasteiger partial charge in [-0.15, -0.1) is 0 Å². The molecule has 1 saturated heterocycles. The molecular weight excluding hydrogens is 326 g/mol. The summed E-state index contributed by atoms with van der Waals surface area (Å²) in [5.74, 6) is 0.157. The van der Waals surface area contributed by atoms with Gasteiger partial charge in [-0.25, -0.2) is 4.98 Å². The molecule has 1 aromatic carbocycles. The van der Waals surface area contributed by atoms with E-state index in [0.29, 0.717) is 18.8 Å². The molecule has 2 aromatic heterocycles. The SMILES string of the molecule is Cc1ccn2cc(C(=O)N3CCC(C(O)c4ccccc4)CC3)nc2c1. The first-order chi connectivity index (χ1) is 12.6. The van der Waals surface area contributed by atoms with Gasteiger partial charge in [0.15, 0.2) is 0 Å². The van der Waals surface area contributed by atoms with Crippen molar-refractivity contribution in [1.29, 1.82) is 0 Å². The maximum atomic E-state index is 12.8. The van der Waals surface area contributed by atoms with E-state index in [2.05, 4.69) is 4.98 Å². The molecule has 1 aliphatic heterocycles. The first kappa shape index (κ1) is 16.8. The highest BCUT2D eigenvalue weighted by molar-refractivity contribution is 5.93. The summed E-state index contributed by atoms with van der Waals surface area (Å²) < 4.78 is 1.88. The van der Waals surface area contributed by atoms with E-state index in [4.69, 9.17) is 0 Å². The minimum absolute atomic E-state index is 0.0287. The number of hydrogen-bond donors (Lipinski definition) is 1. The Morgan fingerprint density at radius 1 is 1.19 bits per heavy atom. The maximum absolute atomic E-state index is 12.8. The zero-order chi connectivity index (χ0) is 18.1. The number of rotatable bonds is 3. The van der Waals surface area contributed by atoms with Gasteiger partial charge >= 0.3 is 0 Å². The molecule has 0 aliphatic carbocycles. The number of likely N-dealkylation sites (tertiary alicyclic amines) is 1. The summed E-state index contributed by atoms with van der Waals surface area (Å²) in [5.41, 5.74) is 3.35. The number of imidazole rings is 1. The standard InChI is InChI=1S/C21H23N3O2/c1-15-7-10-24-14-18(22-19(24)13-15)21(26)23-11-8-17(9-12-23)20(25)16-5-3-2-4-6-16/h2-7,10,13-14,17,20,25H,8-9,11-12H2,1H3. The van der Waals surface area contributed by atoms with Crippen molar-refractivity contribution in [2.45, 2.75) is 25.9 Å². The van der Waals surface area contributed by atoms with Gasteiger partial charge < -0.3 is 14.4 Å². The summed E-state index contributed by atoms with van der Waals surface area (Å²) >= 11 is 0. The van der Waals surface area contributed by atoms with Crippen molar-refractivity contribution in [3.05, 3.63) is 71.7 Å². The predicted molar refractivity (Wildman–Crippen MR) is 100.0 cm³/mol. The number of aryl methyl sites for hydroxylation is 1.